The fourth-order valence-corrected chi connectivity index (χ4v) is 4.89. The third kappa shape index (κ3) is 3.23. The van der Waals surface area contributed by atoms with Crippen LogP contribution in [0.1, 0.15) is 63.3 Å². The Kier molecular flexibility index (Phi) is 4.20. The van der Waals surface area contributed by atoms with Crippen LogP contribution in [0, 0.1) is 5.92 Å². The van der Waals surface area contributed by atoms with E-state index in [1.165, 1.54) is 17.8 Å². The average molecular weight is 308 g/mol. The van der Waals surface area contributed by atoms with Crippen molar-refractivity contribution in [2.45, 2.75) is 69.9 Å². The van der Waals surface area contributed by atoms with E-state index < -0.39 is 0 Å². The summed E-state index contributed by atoms with van der Waals surface area (Å²) in [5.74, 6) is 1.24. The van der Waals surface area contributed by atoms with Gasteiger partial charge in [-0.1, -0.05) is 6.42 Å². The fraction of sp³-hybridized carbons (Fsp3) is 0.750. The molecular formula is C16H24N2O2S. The minimum absolute atomic E-state index is 0.0390. The summed E-state index contributed by atoms with van der Waals surface area (Å²) in [4.78, 5) is 16.5. The second-order valence-corrected chi connectivity index (χ2v) is 7.66. The molecule has 2 fully saturated rings. The molecule has 2 bridgehead atoms. The van der Waals surface area contributed by atoms with Crippen molar-refractivity contribution in [2.24, 2.45) is 5.92 Å². The predicted molar refractivity (Wildman–Crippen MR) is 83.5 cm³/mol. The molecule has 2 saturated carbocycles. The van der Waals surface area contributed by atoms with Crippen LogP contribution in [0.25, 0.3) is 0 Å². The molecule has 1 amide bonds. The van der Waals surface area contributed by atoms with Crippen LogP contribution in [-0.4, -0.2) is 22.7 Å². The average Bonchev–Trinajstić information content (AvgIpc) is 2.91. The van der Waals surface area contributed by atoms with Crippen LogP contribution in [0.2, 0.25) is 0 Å². The van der Waals surface area contributed by atoms with Gasteiger partial charge in [0.15, 0.2) is 0 Å². The van der Waals surface area contributed by atoms with Crippen molar-refractivity contribution in [2.75, 3.05) is 0 Å². The van der Waals surface area contributed by atoms with Crippen LogP contribution in [0.3, 0.4) is 0 Å². The van der Waals surface area contributed by atoms with E-state index in [9.17, 15) is 4.79 Å². The third-order valence-corrected chi connectivity index (χ3v) is 5.77. The number of nitrogens with zero attached hydrogens (tertiary/aromatic N) is 1. The van der Waals surface area contributed by atoms with Crippen LogP contribution in [-0.2, 0) is 4.74 Å². The Hall–Kier alpha value is -1.10. The maximum atomic E-state index is 12.0. The maximum Gasteiger partial charge on any atom is 0.407 e. The van der Waals surface area contributed by atoms with Crippen molar-refractivity contribution in [3.63, 3.8) is 0 Å². The Morgan fingerprint density at radius 1 is 1.48 bits per heavy atom. The van der Waals surface area contributed by atoms with Crippen LogP contribution in [0.4, 0.5) is 4.79 Å². The molecule has 0 spiro atoms. The van der Waals surface area contributed by atoms with Crippen LogP contribution >= 0.6 is 11.3 Å². The molecule has 21 heavy (non-hydrogen) atoms. The van der Waals surface area contributed by atoms with Crippen LogP contribution in [0.15, 0.2) is 11.6 Å². The standard InChI is InChI=1S/C16H24N2O2S/c1-11(2)20-15(19)18-16-6-3-4-12(10-16)13(5-7-16)14-17-8-9-21-14/h8-9,11-13H,3-7,10H2,1-2H3,(H,18,19). The van der Waals surface area contributed by atoms with Gasteiger partial charge in [0, 0.05) is 23.0 Å². The van der Waals surface area contributed by atoms with E-state index in [0.717, 1.165) is 25.7 Å². The zero-order chi connectivity index (χ0) is 14.9. The molecule has 4 nitrogen and oxygen atoms in total. The smallest absolute Gasteiger partial charge is 0.407 e. The number of amides is 1. The molecular weight excluding hydrogens is 284 g/mol. The SMILES string of the molecule is CC(C)OC(=O)NC12CCCC(C1)C(c1nccs1)CC2. The number of carbonyl (C=O) groups excluding carboxylic acids is 1. The molecule has 2 aliphatic carbocycles. The minimum Gasteiger partial charge on any atom is -0.447 e. The van der Waals surface area contributed by atoms with Crippen LogP contribution in [0.5, 0.6) is 0 Å². The lowest BCUT2D eigenvalue weighted by Crippen LogP contribution is -2.54. The van der Waals surface area contributed by atoms with E-state index in [4.69, 9.17) is 4.74 Å². The van der Waals surface area contributed by atoms with Gasteiger partial charge in [0.1, 0.15) is 0 Å². The first kappa shape index (κ1) is 14.8. The Labute approximate surface area is 130 Å². The van der Waals surface area contributed by atoms with Gasteiger partial charge in [0.25, 0.3) is 0 Å². The number of ether oxygens (including phenoxy) is 1. The number of rotatable bonds is 3. The van der Waals surface area contributed by atoms with E-state index in [2.05, 4.69) is 15.7 Å². The molecule has 1 N–H and O–H groups in total. The number of thiazole rings is 1. The summed E-state index contributed by atoms with van der Waals surface area (Å²) in [5.41, 5.74) is -0.0390. The highest BCUT2D eigenvalue weighted by atomic mass is 32.1. The summed E-state index contributed by atoms with van der Waals surface area (Å²) in [6.45, 7) is 3.78. The van der Waals surface area contributed by atoms with Gasteiger partial charge in [-0.25, -0.2) is 9.78 Å². The monoisotopic (exact) mass is 308 g/mol. The van der Waals surface area contributed by atoms with Gasteiger partial charge < -0.3 is 10.1 Å². The van der Waals surface area contributed by atoms with Gasteiger partial charge in [0.05, 0.1) is 11.1 Å². The first-order chi connectivity index (χ1) is 10.1. The molecule has 0 saturated heterocycles. The number of hydrogen-bond donors (Lipinski definition) is 1. The number of nitrogens with one attached hydrogen (secondary N) is 1. The fourth-order valence-electron chi connectivity index (χ4n) is 4.03. The third-order valence-electron chi connectivity index (χ3n) is 4.86. The molecule has 5 heteroatoms. The number of alkyl carbamates (subject to hydrolysis) is 1. The molecule has 2 aliphatic rings. The Morgan fingerprint density at radius 2 is 2.33 bits per heavy atom. The normalized spacial score (nSPS) is 32.0. The van der Waals surface area contributed by atoms with Gasteiger partial charge in [-0.05, 0) is 51.9 Å². The topological polar surface area (TPSA) is 51.2 Å². The van der Waals surface area contributed by atoms with E-state index >= 15 is 0 Å². The summed E-state index contributed by atoms with van der Waals surface area (Å²) < 4.78 is 5.28. The number of carbonyl (C=O) groups is 1. The van der Waals surface area contributed by atoms with Gasteiger partial charge >= 0.3 is 6.09 Å². The highest BCUT2D eigenvalue weighted by Crippen LogP contribution is 2.50. The zero-order valence-corrected chi connectivity index (χ0v) is 13.6. The largest absolute Gasteiger partial charge is 0.447 e. The zero-order valence-electron chi connectivity index (χ0n) is 12.8. The maximum absolute atomic E-state index is 12.0. The number of fused-ring (bicyclic) bond motifs is 2. The van der Waals surface area contributed by atoms with Crippen molar-refractivity contribution in [1.82, 2.24) is 10.3 Å². The van der Waals surface area contributed by atoms with Crippen LogP contribution < -0.4 is 5.32 Å². The summed E-state index contributed by atoms with van der Waals surface area (Å²) in [6.07, 6.45) is 8.36. The van der Waals surface area contributed by atoms with Crippen molar-refractivity contribution < 1.29 is 9.53 Å². The Balaban J connectivity index is 1.68. The molecule has 3 unspecified atom stereocenters. The first-order valence-corrected chi connectivity index (χ1v) is 8.84. The summed E-state index contributed by atoms with van der Waals surface area (Å²) in [7, 11) is 0. The van der Waals surface area contributed by atoms with Crippen molar-refractivity contribution >= 4 is 17.4 Å². The Bertz CT molecular complexity index is 488. The lowest BCUT2D eigenvalue weighted by Gasteiger charge is -2.48. The van der Waals surface area contributed by atoms with Crippen molar-refractivity contribution in [3.05, 3.63) is 16.6 Å². The molecule has 0 aliphatic heterocycles. The van der Waals surface area contributed by atoms with Gasteiger partial charge in [0.2, 0.25) is 0 Å². The van der Waals surface area contributed by atoms with E-state index in [1.54, 1.807) is 11.3 Å². The van der Waals surface area contributed by atoms with Crippen molar-refractivity contribution in [3.8, 4) is 0 Å². The summed E-state index contributed by atoms with van der Waals surface area (Å²) >= 11 is 1.77. The van der Waals surface area contributed by atoms with Gasteiger partial charge in [-0.2, -0.15) is 0 Å². The van der Waals surface area contributed by atoms with E-state index in [1.807, 2.05) is 20.0 Å². The Morgan fingerprint density at radius 3 is 3.05 bits per heavy atom. The molecule has 0 aromatic carbocycles. The second-order valence-electron chi connectivity index (χ2n) is 6.73. The lowest BCUT2D eigenvalue weighted by molar-refractivity contribution is 0.0678. The van der Waals surface area contributed by atoms with Gasteiger partial charge in [-0.3, -0.25) is 0 Å². The molecule has 1 aromatic rings. The predicted octanol–water partition coefficient (Wildman–Crippen LogP) is 4.08. The molecule has 116 valence electrons. The number of aromatic nitrogens is 1. The minimum atomic E-state index is -0.252. The van der Waals surface area contributed by atoms with E-state index in [-0.39, 0.29) is 17.7 Å². The lowest BCUT2D eigenvalue weighted by atomic mass is 9.63. The van der Waals surface area contributed by atoms with Crippen molar-refractivity contribution in [1.29, 1.82) is 0 Å². The highest BCUT2D eigenvalue weighted by molar-refractivity contribution is 7.09. The molecule has 1 aromatic heterocycles. The van der Waals surface area contributed by atoms with E-state index in [0.29, 0.717) is 11.8 Å². The molecule has 1 heterocycles. The highest BCUT2D eigenvalue weighted by Gasteiger charge is 2.45. The second kappa shape index (κ2) is 5.95. The number of hydrogen-bond acceptors (Lipinski definition) is 4. The van der Waals surface area contributed by atoms with Gasteiger partial charge in [-0.15, -0.1) is 11.3 Å². The molecule has 0 radical (unpaired) electrons. The molecule has 3 atom stereocenters. The first-order valence-electron chi connectivity index (χ1n) is 7.96. The summed E-state index contributed by atoms with van der Waals surface area (Å²) in [5, 5.41) is 6.53. The summed E-state index contributed by atoms with van der Waals surface area (Å²) in [6, 6.07) is 0. The molecule has 3 rings (SSSR count). The quantitative estimate of drug-likeness (QED) is 0.915.